The van der Waals surface area contributed by atoms with E-state index in [2.05, 4.69) is 20.4 Å². The minimum absolute atomic E-state index is 0.421. The molecule has 0 atom stereocenters. The maximum absolute atomic E-state index is 5.58. The highest BCUT2D eigenvalue weighted by atomic mass is 16.5. The van der Waals surface area contributed by atoms with Crippen molar-refractivity contribution in [3.05, 3.63) is 54.4 Å². The number of nitrogen functional groups attached to an aromatic ring is 1. The van der Waals surface area contributed by atoms with Gasteiger partial charge < -0.3 is 15.6 Å². The monoisotopic (exact) mass is 267 g/mol. The van der Waals surface area contributed by atoms with Crippen LogP contribution in [0.4, 0.5) is 11.8 Å². The Balaban J connectivity index is 1.69. The summed E-state index contributed by atoms with van der Waals surface area (Å²) in [5, 5.41) is 7.07. The van der Waals surface area contributed by atoms with Gasteiger partial charge in [-0.05, 0) is 6.07 Å². The van der Waals surface area contributed by atoms with Crippen molar-refractivity contribution in [2.75, 3.05) is 11.1 Å². The van der Waals surface area contributed by atoms with E-state index in [1.54, 1.807) is 12.3 Å². The van der Waals surface area contributed by atoms with Gasteiger partial charge in [0.2, 0.25) is 5.95 Å². The van der Waals surface area contributed by atoms with Crippen molar-refractivity contribution in [1.82, 2.24) is 15.1 Å². The fourth-order valence-electron chi connectivity index (χ4n) is 1.77. The second-order valence-corrected chi connectivity index (χ2v) is 4.20. The largest absolute Gasteiger partial charge is 0.384 e. The van der Waals surface area contributed by atoms with E-state index in [0.717, 1.165) is 11.3 Å². The maximum Gasteiger partial charge on any atom is 0.224 e. The number of anilines is 2. The standard InChI is InChI=1S/C14H13N5O/c15-13-6-7-16-14(18-13)17-9-11-8-12(19-20-11)10-4-2-1-3-5-10/h1-8H,9H2,(H3,15,16,17,18). The summed E-state index contributed by atoms with van der Waals surface area (Å²) in [5.74, 6) is 1.59. The average molecular weight is 267 g/mol. The first kappa shape index (κ1) is 12.2. The molecule has 3 aromatic rings. The van der Waals surface area contributed by atoms with Gasteiger partial charge in [-0.2, -0.15) is 4.98 Å². The number of nitrogens with two attached hydrogens (primary N) is 1. The lowest BCUT2D eigenvalue weighted by Crippen LogP contribution is -2.03. The molecule has 0 radical (unpaired) electrons. The molecule has 100 valence electrons. The third kappa shape index (κ3) is 2.74. The van der Waals surface area contributed by atoms with Crippen LogP contribution < -0.4 is 11.1 Å². The molecule has 6 nitrogen and oxygen atoms in total. The highest BCUT2D eigenvalue weighted by Gasteiger charge is 2.06. The minimum atomic E-state index is 0.421. The van der Waals surface area contributed by atoms with Crippen molar-refractivity contribution in [3.8, 4) is 11.3 Å². The van der Waals surface area contributed by atoms with Crippen LogP contribution in [-0.2, 0) is 6.54 Å². The Bertz CT molecular complexity index is 696. The third-order valence-corrected chi connectivity index (χ3v) is 2.73. The number of aromatic nitrogens is 3. The molecule has 3 rings (SSSR count). The Morgan fingerprint density at radius 3 is 2.80 bits per heavy atom. The Morgan fingerprint density at radius 2 is 2.00 bits per heavy atom. The summed E-state index contributed by atoms with van der Waals surface area (Å²) in [6, 6.07) is 13.4. The molecular formula is C14H13N5O. The van der Waals surface area contributed by atoms with E-state index in [-0.39, 0.29) is 0 Å². The zero-order valence-corrected chi connectivity index (χ0v) is 10.7. The SMILES string of the molecule is Nc1ccnc(NCc2cc(-c3ccccc3)no2)n1. The number of nitrogens with one attached hydrogen (secondary N) is 1. The Morgan fingerprint density at radius 1 is 1.15 bits per heavy atom. The van der Waals surface area contributed by atoms with E-state index in [9.17, 15) is 0 Å². The quantitative estimate of drug-likeness (QED) is 0.754. The first-order valence-electron chi connectivity index (χ1n) is 6.15. The van der Waals surface area contributed by atoms with E-state index in [1.165, 1.54) is 0 Å². The van der Waals surface area contributed by atoms with Crippen LogP contribution in [0.1, 0.15) is 5.76 Å². The number of hydrogen-bond acceptors (Lipinski definition) is 6. The summed E-state index contributed by atoms with van der Waals surface area (Å²) in [5.41, 5.74) is 7.40. The van der Waals surface area contributed by atoms with E-state index >= 15 is 0 Å². The molecule has 0 amide bonds. The molecule has 0 bridgehead atoms. The van der Waals surface area contributed by atoms with Gasteiger partial charge in [0.25, 0.3) is 0 Å². The molecule has 0 unspecified atom stereocenters. The lowest BCUT2D eigenvalue weighted by Gasteiger charge is -2.01. The third-order valence-electron chi connectivity index (χ3n) is 2.73. The smallest absolute Gasteiger partial charge is 0.224 e. The lowest BCUT2D eigenvalue weighted by molar-refractivity contribution is 0.390. The molecule has 6 heteroatoms. The maximum atomic E-state index is 5.58. The van der Waals surface area contributed by atoms with Crippen LogP contribution in [0.15, 0.2) is 53.2 Å². The van der Waals surface area contributed by atoms with Crippen molar-refractivity contribution in [3.63, 3.8) is 0 Å². The number of nitrogens with zero attached hydrogens (tertiary/aromatic N) is 3. The molecule has 0 aliphatic carbocycles. The molecule has 0 spiro atoms. The van der Waals surface area contributed by atoms with Crippen molar-refractivity contribution < 1.29 is 4.52 Å². The van der Waals surface area contributed by atoms with Gasteiger partial charge >= 0.3 is 0 Å². The van der Waals surface area contributed by atoms with Crippen molar-refractivity contribution in [2.45, 2.75) is 6.54 Å². The first-order valence-corrected chi connectivity index (χ1v) is 6.15. The zero-order valence-electron chi connectivity index (χ0n) is 10.7. The lowest BCUT2D eigenvalue weighted by atomic mass is 10.1. The van der Waals surface area contributed by atoms with Gasteiger partial charge in [-0.25, -0.2) is 4.98 Å². The van der Waals surface area contributed by atoms with Gasteiger partial charge in [-0.3, -0.25) is 0 Å². The predicted molar refractivity (Wildman–Crippen MR) is 75.7 cm³/mol. The van der Waals surface area contributed by atoms with Crippen LogP contribution in [0.3, 0.4) is 0 Å². The molecule has 1 aromatic carbocycles. The molecule has 20 heavy (non-hydrogen) atoms. The summed E-state index contributed by atoms with van der Waals surface area (Å²) in [6.07, 6.45) is 1.60. The molecule has 0 saturated heterocycles. The number of hydrogen-bond donors (Lipinski definition) is 2. The van der Waals surface area contributed by atoms with Gasteiger partial charge in [0.05, 0.1) is 6.54 Å². The topological polar surface area (TPSA) is 89.9 Å². The second-order valence-electron chi connectivity index (χ2n) is 4.20. The van der Waals surface area contributed by atoms with Gasteiger partial charge in [-0.1, -0.05) is 35.5 Å². The molecule has 2 aromatic heterocycles. The van der Waals surface area contributed by atoms with Crippen LogP contribution in [0.5, 0.6) is 0 Å². The fraction of sp³-hybridized carbons (Fsp3) is 0.0714. The van der Waals surface area contributed by atoms with Crippen molar-refractivity contribution in [1.29, 1.82) is 0 Å². The second kappa shape index (κ2) is 5.40. The molecule has 3 N–H and O–H groups in total. The van der Waals surface area contributed by atoms with E-state index in [1.807, 2.05) is 36.4 Å². The van der Waals surface area contributed by atoms with Gasteiger partial charge in [0, 0.05) is 17.8 Å². The first-order chi connectivity index (χ1) is 9.81. The molecule has 0 aliphatic heterocycles. The van der Waals surface area contributed by atoms with Crippen LogP contribution in [0, 0.1) is 0 Å². The summed E-state index contributed by atoms with van der Waals surface area (Å²) < 4.78 is 5.27. The number of benzene rings is 1. The summed E-state index contributed by atoms with van der Waals surface area (Å²) in [7, 11) is 0. The van der Waals surface area contributed by atoms with Gasteiger partial charge in [0.15, 0.2) is 5.76 Å². The van der Waals surface area contributed by atoms with Crippen LogP contribution >= 0.6 is 0 Å². The normalized spacial score (nSPS) is 10.4. The number of rotatable bonds is 4. The molecule has 0 saturated carbocycles. The highest BCUT2D eigenvalue weighted by molar-refractivity contribution is 5.58. The Labute approximate surface area is 115 Å². The van der Waals surface area contributed by atoms with E-state index in [4.69, 9.17) is 10.3 Å². The zero-order chi connectivity index (χ0) is 13.8. The van der Waals surface area contributed by atoms with Crippen LogP contribution in [0.25, 0.3) is 11.3 Å². The summed E-state index contributed by atoms with van der Waals surface area (Å²) in [4.78, 5) is 8.10. The van der Waals surface area contributed by atoms with E-state index < -0.39 is 0 Å². The predicted octanol–water partition coefficient (Wildman–Crippen LogP) is 2.33. The highest BCUT2D eigenvalue weighted by Crippen LogP contribution is 2.18. The van der Waals surface area contributed by atoms with Crippen molar-refractivity contribution >= 4 is 11.8 Å². The van der Waals surface area contributed by atoms with Crippen LogP contribution in [-0.4, -0.2) is 15.1 Å². The Hall–Kier alpha value is -2.89. The molecule has 0 fully saturated rings. The molecule has 2 heterocycles. The van der Waals surface area contributed by atoms with Gasteiger partial charge in [-0.15, -0.1) is 0 Å². The van der Waals surface area contributed by atoms with E-state index in [0.29, 0.717) is 24.1 Å². The van der Waals surface area contributed by atoms with Crippen LogP contribution in [0.2, 0.25) is 0 Å². The Kier molecular flexibility index (Phi) is 3.28. The average Bonchev–Trinajstić information content (AvgIpc) is 2.95. The van der Waals surface area contributed by atoms with Crippen molar-refractivity contribution in [2.24, 2.45) is 0 Å². The summed E-state index contributed by atoms with van der Waals surface area (Å²) >= 11 is 0. The van der Waals surface area contributed by atoms with Gasteiger partial charge in [0.1, 0.15) is 11.5 Å². The molecule has 0 aliphatic rings. The minimum Gasteiger partial charge on any atom is -0.384 e. The molecular weight excluding hydrogens is 254 g/mol. The fourth-order valence-corrected chi connectivity index (χ4v) is 1.77. The summed E-state index contributed by atoms with van der Waals surface area (Å²) in [6.45, 7) is 0.448.